The molecular formula is C8H10S2. The summed E-state index contributed by atoms with van der Waals surface area (Å²) in [6, 6.07) is 8.22. The van der Waals surface area contributed by atoms with Gasteiger partial charge in [-0.1, -0.05) is 24.3 Å². The quantitative estimate of drug-likeness (QED) is 0.626. The molecule has 0 unspecified atom stereocenters. The molecule has 2 heteroatoms. The average Bonchev–Trinajstić information content (AvgIpc) is 2.04. The van der Waals surface area contributed by atoms with Gasteiger partial charge in [0.25, 0.3) is 0 Å². The van der Waals surface area contributed by atoms with Gasteiger partial charge < -0.3 is 0 Å². The zero-order valence-corrected chi connectivity index (χ0v) is 7.41. The van der Waals surface area contributed by atoms with Crippen molar-refractivity contribution in [1.29, 1.82) is 0 Å². The second kappa shape index (κ2) is 3.94. The lowest BCUT2D eigenvalue weighted by molar-refractivity contribution is 1.29. The van der Waals surface area contributed by atoms with Crippen LogP contribution in [0.2, 0.25) is 0 Å². The van der Waals surface area contributed by atoms with E-state index in [-0.39, 0.29) is 0 Å². The Bertz CT molecular complexity index is 185. The van der Waals surface area contributed by atoms with Crippen LogP contribution in [-0.2, 0) is 11.5 Å². The number of rotatable bonds is 2. The first kappa shape index (κ1) is 8.02. The van der Waals surface area contributed by atoms with Gasteiger partial charge in [0.2, 0.25) is 0 Å². The van der Waals surface area contributed by atoms with Crippen LogP contribution in [0.15, 0.2) is 24.3 Å². The number of thiol groups is 2. The summed E-state index contributed by atoms with van der Waals surface area (Å²) in [6.07, 6.45) is 0. The van der Waals surface area contributed by atoms with Gasteiger partial charge in [0.05, 0.1) is 0 Å². The predicted octanol–water partition coefficient (Wildman–Crippen LogP) is 2.55. The van der Waals surface area contributed by atoms with Crippen LogP contribution in [0.4, 0.5) is 0 Å². The van der Waals surface area contributed by atoms with Gasteiger partial charge in [-0.25, -0.2) is 0 Å². The molecule has 0 fully saturated rings. The summed E-state index contributed by atoms with van der Waals surface area (Å²) >= 11 is 8.40. The van der Waals surface area contributed by atoms with Crippen molar-refractivity contribution in [2.24, 2.45) is 0 Å². The van der Waals surface area contributed by atoms with E-state index in [1.54, 1.807) is 0 Å². The smallest absolute Gasteiger partial charge is 0.0157 e. The van der Waals surface area contributed by atoms with Crippen LogP contribution >= 0.6 is 25.3 Å². The molecule has 0 aromatic heterocycles. The van der Waals surface area contributed by atoms with E-state index in [4.69, 9.17) is 0 Å². The summed E-state index contributed by atoms with van der Waals surface area (Å²) in [4.78, 5) is 0. The first-order valence-corrected chi connectivity index (χ1v) is 4.43. The Morgan fingerprint density at radius 2 is 1.30 bits per heavy atom. The fraction of sp³-hybridized carbons (Fsp3) is 0.250. The van der Waals surface area contributed by atoms with Crippen LogP contribution in [0.1, 0.15) is 11.1 Å². The van der Waals surface area contributed by atoms with Gasteiger partial charge in [-0.05, 0) is 11.1 Å². The molecule has 0 aliphatic rings. The highest BCUT2D eigenvalue weighted by Gasteiger charge is 1.94. The molecule has 0 bridgehead atoms. The molecule has 0 aliphatic carbocycles. The van der Waals surface area contributed by atoms with Crippen LogP contribution in [-0.4, -0.2) is 0 Å². The molecule has 0 N–H and O–H groups in total. The van der Waals surface area contributed by atoms with Crippen LogP contribution in [0.25, 0.3) is 0 Å². The maximum atomic E-state index is 4.20. The molecule has 0 spiro atoms. The van der Waals surface area contributed by atoms with Crippen molar-refractivity contribution in [1.82, 2.24) is 0 Å². The minimum atomic E-state index is 0.802. The lowest BCUT2D eigenvalue weighted by Gasteiger charge is -2.01. The van der Waals surface area contributed by atoms with Crippen molar-refractivity contribution < 1.29 is 0 Å². The van der Waals surface area contributed by atoms with Gasteiger partial charge in [0.1, 0.15) is 0 Å². The molecule has 0 radical (unpaired) electrons. The summed E-state index contributed by atoms with van der Waals surface area (Å²) < 4.78 is 0. The molecule has 0 atom stereocenters. The molecule has 0 saturated carbocycles. The monoisotopic (exact) mass is 170 g/mol. The van der Waals surface area contributed by atoms with E-state index in [1.807, 2.05) is 12.1 Å². The number of hydrogen-bond donors (Lipinski definition) is 2. The van der Waals surface area contributed by atoms with Crippen molar-refractivity contribution in [2.75, 3.05) is 0 Å². The first-order chi connectivity index (χ1) is 4.88. The summed E-state index contributed by atoms with van der Waals surface area (Å²) in [5, 5.41) is 0. The number of benzene rings is 1. The molecule has 0 aliphatic heterocycles. The third kappa shape index (κ3) is 1.70. The average molecular weight is 170 g/mol. The standard InChI is InChI=1S/C8H10S2/c9-5-7-3-1-2-4-8(7)6-10/h1-4,9-10H,5-6H2. The topological polar surface area (TPSA) is 0 Å². The molecule has 1 aromatic rings. The Morgan fingerprint density at radius 1 is 0.900 bits per heavy atom. The Labute approximate surface area is 72.5 Å². The van der Waals surface area contributed by atoms with E-state index in [0.29, 0.717) is 0 Å². The van der Waals surface area contributed by atoms with Crippen molar-refractivity contribution in [3.63, 3.8) is 0 Å². The fourth-order valence-electron chi connectivity index (χ4n) is 0.866. The number of hydrogen-bond acceptors (Lipinski definition) is 2. The highest BCUT2D eigenvalue weighted by atomic mass is 32.1. The first-order valence-electron chi connectivity index (χ1n) is 3.17. The van der Waals surface area contributed by atoms with E-state index in [1.165, 1.54) is 11.1 Å². The molecule has 1 aromatic carbocycles. The normalized spacial score (nSPS) is 9.80. The van der Waals surface area contributed by atoms with Gasteiger partial charge in [0, 0.05) is 11.5 Å². The fourth-order valence-corrected chi connectivity index (χ4v) is 1.48. The van der Waals surface area contributed by atoms with Crippen LogP contribution in [0, 0.1) is 0 Å². The maximum absolute atomic E-state index is 4.20. The lowest BCUT2D eigenvalue weighted by atomic mass is 10.1. The van der Waals surface area contributed by atoms with E-state index < -0.39 is 0 Å². The molecular weight excluding hydrogens is 160 g/mol. The molecule has 0 saturated heterocycles. The Balaban J connectivity index is 2.96. The zero-order chi connectivity index (χ0) is 7.40. The predicted molar refractivity (Wildman–Crippen MR) is 51.8 cm³/mol. The van der Waals surface area contributed by atoms with Crippen LogP contribution in [0.5, 0.6) is 0 Å². The van der Waals surface area contributed by atoms with Crippen molar-refractivity contribution >= 4 is 25.3 Å². The SMILES string of the molecule is SCc1ccccc1CS. The molecule has 10 heavy (non-hydrogen) atoms. The molecule has 1 rings (SSSR count). The lowest BCUT2D eigenvalue weighted by Crippen LogP contribution is -1.85. The molecule has 54 valence electrons. The van der Waals surface area contributed by atoms with E-state index in [0.717, 1.165) is 11.5 Å². The van der Waals surface area contributed by atoms with E-state index in [9.17, 15) is 0 Å². The molecule has 0 heterocycles. The third-order valence-electron chi connectivity index (χ3n) is 1.46. The van der Waals surface area contributed by atoms with Gasteiger partial charge in [-0.3, -0.25) is 0 Å². The Kier molecular flexibility index (Phi) is 3.16. The minimum Gasteiger partial charge on any atom is -0.175 e. The van der Waals surface area contributed by atoms with Crippen LogP contribution in [0.3, 0.4) is 0 Å². The highest BCUT2D eigenvalue weighted by molar-refractivity contribution is 7.79. The largest absolute Gasteiger partial charge is 0.175 e. The van der Waals surface area contributed by atoms with Gasteiger partial charge in [-0.2, -0.15) is 25.3 Å². The van der Waals surface area contributed by atoms with Gasteiger partial charge in [0.15, 0.2) is 0 Å². The van der Waals surface area contributed by atoms with Crippen molar-refractivity contribution in [3.05, 3.63) is 35.4 Å². The Hall–Kier alpha value is -0.0800. The highest BCUT2D eigenvalue weighted by Crippen LogP contribution is 2.12. The summed E-state index contributed by atoms with van der Waals surface area (Å²) in [7, 11) is 0. The minimum absolute atomic E-state index is 0.802. The zero-order valence-electron chi connectivity index (χ0n) is 5.62. The molecule has 0 amide bonds. The second-order valence-electron chi connectivity index (χ2n) is 2.08. The summed E-state index contributed by atoms with van der Waals surface area (Å²) in [5.74, 6) is 1.60. The summed E-state index contributed by atoms with van der Waals surface area (Å²) in [6.45, 7) is 0. The van der Waals surface area contributed by atoms with Crippen LogP contribution < -0.4 is 0 Å². The second-order valence-corrected chi connectivity index (χ2v) is 2.72. The third-order valence-corrected chi connectivity index (χ3v) is 2.14. The molecule has 0 nitrogen and oxygen atoms in total. The van der Waals surface area contributed by atoms with Crippen molar-refractivity contribution in [3.8, 4) is 0 Å². The van der Waals surface area contributed by atoms with E-state index in [2.05, 4.69) is 37.4 Å². The Morgan fingerprint density at radius 3 is 1.60 bits per heavy atom. The van der Waals surface area contributed by atoms with Gasteiger partial charge >= 0.3 is 0 Å². The maximum Gasteiger partial charge on any atom is 0.0157 e. The van der Waals surface area contributed by atoms with Crippen molar-refractivity contribution in [2.45, 2.75) is 11.5 Å². The van der Waals surface area contributed by atoms with E-state index >= 15 is 0 Å². The van der Waals surface area contributed by atoms with Gasteiger partial charge in [-0.15, -0.1) is 0 Å². The summed E-state index contributed by atoms with van der Waals surface area (Å²) in [5.41, 5.74) is 2.56.